The highest BCUT2D eigenvalue weighted by atomic mass is 16.5. The van der Waals surface area contributed by atoms with Gasteiger partial charge in [0.25, 0.3) is 0 Å². The molecule has 0 aliphatic carbocycles. The van der Waals surface area contributed by atoms with Crippen molar-refractivity contribution < 1.29 is 14.3 Å². The van der Waals surface area contributed by atoms with Gasteiger partial charge in [0.1, 0.15) is 5.75 Å². The van der Waals surface area contributed by atoms with Crippen molar-refractivity contribution in [3.63, 3.8) is 0 Å². The van der Waals surface area contributed by atoms with E-state index < -0.39 is 6.09 Å². The number of amides is 1. The van der Waals surface area contributed by atoms with Crippen molar-refractivity contribution in [3.05, 3.63) is 24.3 Å². The van der Waals surface area contributed by atoms with Gasteiger partial charge in [0, 0.05) is 5.69 Å². The van der Waals surface area contributed by atoms with Crippen LogP contribution in [0.15, 0.2) is 24.3 Å². The lowest BCUT2D eigenvalue weighted by atomic mass is 9.95. The van der Waals surface area contributed by atoms with Crippen molar-refractivity contribution in [1.29, 1.82) is 0 Å². The SMILES string of the molecule is CCC(C)C(C)COC(=O)Nc1ccc(OC)cc1. The lowest BCUT2D eigenvalue weighted by Gasteiger charge is -2.18. The standard InChI is InChI=1S/C15H23NO3/c1-5-11(2)12(3)10-19-15(17)16-13-6-8-14(18-4)9-7-13/h6-9,11-12H,5,10H2,1-4H3,(H,16,17). The summed E-state index contributed by atoms with van der Waals surface area (Å²) in [4.78, 5) is 11.6. The van der Waals surface area contributed by atoms with Crippen LogP contribution in [0, 0.1) is 11.8 Å². The van der Waals surface area contributed by atoms with Crippen LogP contribution in [0.1, 0.15) is 27.2 Å². The van der Waals surface area contributed by atoms with E-state index in [2.05, 4.69) is 26.1 Å². The molecule has 1 N–H and O–H groups in total. The van der Waals surface area contributed by atoms with Gasteiger partial charge in [0.15, 0.2) is 0 Å². The minimum absolute atomic E-state index is 0.367. The number of carbonyl (C=O) groups is 1. The van der Waals surface area contributed by atoms with Gasteiger partial charge in [-0.25, -0.2) is 4.79 Å². The smallest absolute Gasteiger partial charge is 0.411 e. The van der Waals surface area contributed by atoms with E-state index in [1.165, 1.54) is 0 Å². The number of anilines is 1. The van der Waals surface area contributed by atoms with Crippen LogP contribution in [0.2, 0.25) is 0 Å². The number of hydrogen-bond donors (Lipinski definition) is 1. The Balaban J connectivity index is 2.38. The maximum Gasteiger partial charge on any atom is 0.411 e. The van der Waals surface area contributed by atoms with Gasteiger partial charge < -0.3 is 9.47 Å². The van der Waals surface area contributed by atoms with E-state index in [-0.39, 0.29) is 0 Å². The lowest BCUT2D eigenvalue weighted by Crippen LogP contribution is -2.20. The Morgan fingerprint density at radius 3 is 2.37 bits per heavy atom. The second-order valence-corrected chi connectivity index (χ2v) is 4.81. The van der Waals surface area contributed by atoms with Gasteiger partial charge in [-0.2, -0.15) is 0 Å². The highest BCUT2D eigenvalue weighted by molar-refractivity contribution is 5.84. The van der Waals surface area contributed by atoms with Gasteiger partial charge in [-0.15, -0.1) is 0 Å². The second kappa shape index (κ2) is 7.67. The summed E-state index contributed by atoms with van der Waals surface area (Å²) in [5.74, 6) is 1.67. The number of carbonyl (C=O) groups excluding carboxylic acids is 1. The number of rotatable bonds is 6. The fourth-order valence-corrected chi connectivity index (χ4v) is 1.60. The molecule has 0 bridgehead atoms. The first-order valence-corrected chi connectivity index (χ1v) is 6.64. The predicted octanol–water partition coefficient (Wildman–Crippen LogP) is 3.93. The zero-order chi connectivity index (χ0) is 14.3. The summed E-state index contributed by atoms with van der Waals surface area (Å²) >= 11 is 0. The summed E-state index contributed by atoms with van der Waals surface area (Å²) < 4.78 is 10.3. The van der Waals surface area contributed by atoms with Crippen LogP contribution in [0.5, 0.6) is 5.75 Å². The molecule has 4 nitrogen and oxygen atoms in total. The molecule has 0 aliphatic rings. The van der Waals surface area contributed by atoms with Crippen molar-refractivity contribution in [3.8, 4) is 5.75 Å². The minimum Gasteiger partial charge on any atom is -0.497 e. The first kappa shape index (κ1) is 15.3. The fraction of sp³-hybridized carbons (Fsp3) is 0.533. The molecule has 0 fully saturated rings. The third kappa shape index (κ3) is 5.20. The third-order valence-corrected chi connectivity index (χ3v) is 3.43. The summed E-state index contributed by atoms with van der Waals surface area (Å²) in [6, 6.07) is 7.13. The van der Waals surface area contributed by atoms with Gasteiger partial charge in [-0.3, -0.25) is 5.32 Å². The summed E-state index contributed by atoms with van der Waals surface area (Å²) in [7, 11) is 1.60. The molecule has 0 spiro atoms. The molecule has 0 saturated heterocycles. The van der Waals surface area contributed by atoms with Crippen molar-refractivity contribution in [2.24, 2.45) is 11.8 Å². The van der Waals surface area contributed by atoms with Crippen molar-refractivity contribution in [1.82, 2.24) is 0 Å². The molecule has 1 rings (SSSR count). The third-order valence-electron chi connectivity index (χ3n) is 3.43. The Labute approximate surface area is 115 Å². The molecule has 0 radical (unpaired) electrons. The molecular formula is C15H23NO3. The van der Waals surface area contributed by atoms with Crippen LogP contribution in [0.3, 0.4) is 0 Å². The Hall–Kier alpha value is -1.71. The van der Waals surface area contributed by atoms with E-state index >= 15 is 0 Å². The Bertz CT molecular complexity index is 389. The number of ether oxygens (including phenoxy) is 2. The molecular weight excluding hydrogens is 242 g/mol. The minimum atomic E-state index is -0.416. The molecule has 1 aromatic carbocycles. The molecule has 106 valence electrons. The molecule has 0 aromatic heterocycles. The molecule has 2 atom stereocenters. The van der Waals surface area contributed by atoms with E-state index in [1.807, 2.05) is 0 Å². The van der Waals surface area contributed by atoms with E-state index in [0.29, 0.717) is 24.1 Å². The summed E-state index contributed by atoms with van der Waals surface area (Å²) in [6.45, 7) is 6.83. The molecule has 1 amide bonds. The quantitative estimate of drug-likeness (QED) is 0.847. The predicted molar refractivity (Wildman–Crippen MR) is 76.6 cm³/mol. The average Bonchev–Trinajstić information content (AvgIpc) is 2.44. The maximum absolute atomic E-state index is 11.6. The highest BCUT2D eigenvalue weighted by Gasteiger charge is 2.12. The number of nitrogens with one attached hydrogen (secondary N) is 1. The van der Waals surface area contributed by atoms with Crippen LogP contribution < -0.4 is 10.1 Å². The van der Waals surface area contributed by atoms with Gasteiger partial charge in [0.05, 0.1) is 13.7 Å². The lowest BCUT2D eigenvalue weighted by molar-refractivity contribution is 0.129. The zero-order valence-corrected chi connectivity index (χ0v) is 12.1. The largest absolute Gasteiger partial charge is 0.497 e. The van der Waals surface area contributed by atoms with Crippen LogP contribution >= 0.6 is 0 Å². The maximum atomic E-state index is 11.6. The first-order valence-electron chi connectivity index (χ1n) is 6.64. The first-order chi connectivity index (χ1) is 9.06. The molecule has 19 heavy (non-hydrogen) atoms. The summed E-state index contributed by atoms with van der Waals surface area (Å²) in [5, 5.41) is 2.69. The Morgan fingerprint density at radius 2 is 1.84 bits per heavy atom. The number of hydrogen-bond acceptors (Lipinski definition) is 3. The van der Waals surface area contributed by atoms with E-state index in [1.54, 1.807) is 31.4 Å². The van der Waals surface area contributed by atoms with Crippen LogP contribution in [-0.4, -0.2) is 19.8 Å². The highest BCUT2D eigenvalue weighted by Crippen LogP contribution is 2.17. The van der Waals surface area contributed by atoms with Gasteiger partial charge in [-0.05, 0) is 36.1 Å². The fourth-order valence-electron chi connectivity index (χ4n) is 1.60. The van der Waals surface area contributed by atoms with Crippen molar-refractivity contribution in [2.45, 2.75) is 27.2 Å². The molecule has 0 saturated carbocycles. The molecule has 2 unspecified atom stereocenters. The molecule has 0 heterocycles. The Kier molecular flexibility index (Phi) is 6.19. The summed E-state index contributed by atoms with van der Waals surface area (Å²) in [5.41, 5.74) is 0.696. The van der Waals surface area contributed by atoms with Crippen LogP contribution in [0.4, 0.5) is 10.5 Å². The summed E-state index contributed by atoms with van der Waals surface area (Å²) in [6.07, 6.45) is 0.672. The number of benzene rings is 1. The van der Waals surface area contributed by atoms with Crippen LogP contribution in [-0.2, 0) is 4.74 Å². The van der Waals surface area contributed by atoms with Gasteiger partial charge in [0.2, 0.25) is 0 Å². The molecule has 1 aromatic rings. The van der Waals surface area contributed by atoms with E-state index in [0.717, 1.165) is 12.2 Å². The van der Waals surface area contributed by atoms with E-state index in [4.69, 9.17) is 9.47 Å². The van der Waals surface area contributed by atoms with Crippen molar-refractivity contribution >= 4 is 11.8 Å². The monoisotopic (exact) mass is 265 g/mol. The van der Waals surface area contributed by atoms with Gasteiger partial charge in [-0.1, -0.05) is 27.2 Å². The second-order valence-electron chi connectivity index (χ2n) is 4.81. The number of methoxy groups -OCH3 is 1. The molecule has 4 heteroatoms. The molecule has 0 aliphatic heterocycles. The van der Waals surface area contributed by atoms with E-state index in [9.17, 15) is 4.79 Å². The normalized spacial score (nSPS) is 13.5. The van der Waals surface area contributed by atoms with Gasteiger partial charge >= 0.3 is 6.09 Å². The van der Waals surface area contributed by atoms with Crippen LogP contribution in [0.25, 0.3) is 0 Å². The zero-order valence-electron chi connectivity index (χ0n) is 12.1. The van der Waals surface area contributed by atoms with Crippen molar-refractivity contribution in [2.75, 3.05) is 19.0 Å². The topological polar surface area (TPSA) is 47.6 Å². The Morgan fingerprint density at radius 1 is 1.21 bits per heavy atom. The average molecular weight is 265 g/mol.